The van der Waals surface area contributed by atoms with Gasteiger partial charge in [-0.2, -0.15) is 0 Å². The van der Waals surface area contributed by atoms with Crippen LogP contribution in [-0.2, 0) is 0 Å². The molecule has 0 atom stereocenters. The number of nitrogens with zero attached hydrogens (tertiary/aromatic N) is 2. The van der Waals surface area contributed by atoms with Crippen LogP contribution in [-0.4, -0.2) is 24.0 Å². The molecule has 0 fully saturated rings. The summed E-state index contributed by atoms with van der Waals surface area (Å²) in [5.41, 5.74) is 2.91. The molecule has 138 valence electrons. The molecular weight excluding hydrogens is 338 g/mol. The molecule has 1 amide bonds. The Kier molecular flexibility index (Phi) is 5.71. The van der Waals surface area contributed by atoms with Crippen molar-refractivity contribution in [2.45, 2.75) is 20.0 Å². The van der Waals surface area contributed by atoms with Crippen LogP contribution in [0.4, 0.5) is 17.1 Å². The standard InChI is InChI=1S/C22H23N3O2/c1-16(2)27-20-11-9-17(10-12-20)24-18-13-14-23-21(15-18)22(26)25(3)19-7-5-4-6-8-19/h4-16H,1-3H3,(H,23,24). The lowest BCUT2D eigenvalue weighted by Gasteiger charge is -2.17. The molecule has 0 aliphatic heterocycles. The van der Waals surface area contributed by atoms with Gasteiger partial charge in [-0.05, 0) is 62.4 Å². The van der Waals surface area contributed by atoms with Crippen molar-refractivity contribution in [3.8, 4) is 5.75 Å². The van der Waals surface area contributed by atoms with Crippen molar-refractivity contribution in [2.75, 3.05) is 17.3 Å². The summed E-state index contributed by atoms with van der Waals surface area (Å²) in [6.45, 7) is 3.99. The maximum absolute atomic E-state index is 12.7. The number of hydrogen-bond donors (Lipinski definition) is 1. The fourth-order valence-corrected chi connectivity index (χ4v) is 2.62. The van der Waals surface area contributed by atoms with Gasteiger partial charge in [0, 0.05) is 30.3 Å². The Morgan fingerprint density at radius 2 is 1.70 bits per heavy atom. The Balaban J connectivity index is 1.72. The molecule has 0 saturated carbocycles. The summed E-state index contributed by atoms with van der Waals surface area (Å²) < 4.78 is 5.65. The maximum Gasteiger partial charge on any atom is 0.276 e. The number of nitrogens with one attached hydrogen (secondary N) is 1. The third-order valence-electron chi connectivity index (χ3n) is 3.94. The quantitative estimate of drug-likeness (QED) is 0.679. The number of para-hydroxylation sites is 1. The molecule has 1 heterocycles. The van der Waals surface area contributed by atoms with Gasteiger partial charge in [-0.1, -0.05) is 18.2 Å². The molecule has 0 saturated heterocycles. The third kappa shape index (κ3) is 4.85. The summed E-state index contributed by atoms with van der Waals surface area (Å²) in [6.07, 6.45) is 1.77. The Labute approximate surface area is 159 Å². The lowest BCUT2D eigenvalue weighted by Crippen LogP contribution is -2.27. The summed E-state index contributed by atoms with van der Waals surface area (Å²) in [4.78, 5) is 18.5. The van der Waals surface area contributed by atoms with E-state index in [0.717, 1.165) is 22.8 Å². The number of aromatic nitrogens is 1. The predicted molar refractivity (Wildman–Crippen MR) is 109 cm³/mol. The number of rotatable bonds is 6. The molecule has 0 aliphatic rings. The van der Waals surface area contributed by atoms with Crippen LogP contribution < -0.4 is 15.0 Å². The van der Waals surface area contributed by atoms with Gasteiger partial charge >= 0.3 is 0 Å². The molecule has 2 aromatic carbocycles. The third-order valence-corrected chi connectivity index (χ3v) is 3.94. The molecule has 5 heteroatoms. The van der Waals surface area contributed by atoms with E-state index in [1.807, 2.05) is 74.5 Å². The van der Waals surface area contributed by atoms with Gasteiger partial charge in [-0.25, -0.2) is 0 Å². The minimum absolute atomic E-state index is 0.138. The predicted octanol–water partition coefficient (Wildman–Crippen LogP) is 4.89. The monoisotopic (exact) mass is 361 g/mol. The first-order chi connectivity index (χ1) is 13.0. The van der Waals surface area contributed by atoms with Crippen LogP contribution in [0.5, 0.6) is 5.75 Å². The minimum atomic E-state index is -0.162. The average Bonchev–Trinajstić information content (AvgIpc) is 2.69. The minimum Gasteiger partial charge on any atom is -0.491 e. The number of carbonyl (C=O) groups excluding carboxylic acids is 1. The molecule has 0 unspecified atom stereocenters. The van der Waals surface area contributed by atoms with E-state index in [4.69, 9.17) is 4.74 Å². The zero-order valence-corrected chi connectivity index (χ0v) is 15.7. The summed E-state index contributed by atoms with van der Waals surface area (Å²) in [5.74, 6) is 0.663. The first-order valence-electron chi connectivity index (χ1n) is 8.86. The molecule has 1 aromatic heterocycles. The maximum atomic E-state index is 12.7. The Morgan fingerprint density at radius 1 is 1.00 bits per heavy atom. The van der Waals surface area contributed by atoms with Crippen LogP contribution in [0.3, 0.4) is 0 Å². The number of carbonyl (C=O) groups is 1. The normalized spacial score (nSPS) is 10.5. The van der Waals surface area contributed by atoms with Crippen LogP contribution in [0.15, 0.2) is 72.9 Å². The van der Waals surface area contributed by atoms with Gasteiger partial charge in [-0.3, -0.25) is 9.78 Å². The van der Waals surface area contributed by atoms with Crippen LogP contribution in [0, 0.1) is 0 Å². The van der Waals surface area contributed by atoms with Crippen LogP contribution >= 0.6 is 0 Å². The van der Waals surface area contributed by atoms with Crippen molar-refractivity contribution < 1.29 is 9.53 Å². The van der Waals surface area contributed by atoms with Crippen molar-refractivity contribution >= 4 is 23.0 Å². The van der Waals surface area contributed by atoms with Gasteiger partial charge in [0.15, 0.2) is 0 Å². The second kappa shape index (κ2) is 8.36. The Morgan fingerprint density at radius 3 is 2.37 bits per heavy atom. The lowest BCUT2D eigenvalue weighted by molar-refractivity contribution is 0.0988. The van der Waals surface area contributed by atoms with E-state index in [9.17, 15) is 4.79 Å². The zero-order chi connectivity index (χ0) is 19.2. The van der Waals surface area contributed by atoms with E-state index in [2.05, 4.69) is 10.3 Å². The van der Waals surface area contributed by atoms with Gasteiger partial charge in [0.25, 0.3) is 5.91 Å². The highest BCUT2D eigenvalue weighted by Crippen LogP contribution is 2.22. The second-order valence-corrected chi connectivity index (χ2v) is 6.45. The molecule has 3 rings (SSSR count). The number of amides is 1. The van der Waals surface area contributed by atoms with Crippen molar-refractivity contribution in [3.63, 3.8) is 0 Å². The number of hydrogen-bond acceptors (Lipinski definition) is 4. The molecular formula is C22H23N3O2. The fourth-order valence-electron chi connectivity index (χ4n) is 2.62. The summed E-state index contributed by atoms with van der Waals surface area (Å²) in [7, 11) is 1.74. The van der Waals surface area contributed by atoms with Crippen LogP contribution in [0.25, 0.3) is 0 Å². The molecule has 0 radical (unpaired) electrons. The van der Waals surface area contributed by atoms with Gasteiger partial charge in [0.05, 0.1) is 6.10 Å². The topological polar surface area (TPSA) is 54.5 Å². The molecule has 1 N–H and O–H groups in total. The highest BCUT2D eigenvalue weighted by molar-refractivity contribution is 6.04. The van der Waals surface area contributed by atoms with Gasteiger partial charge in [0.1, 0.15) is 11.4 Å². The van der Waals surface area contributed by atoms with Gasteiger partial charge in [-0.15, -0.1) is 0 Å². The van der Waals surface area contributed by atoms with Gasteiger partial charge in [0.2, 0.25) is 0 Å². The number of benzene rings is 2. The largest absolute Gasteiger partial charge is 0.491 e. The molecule has 27 heavy (non-hydrogen) atoms. The van der Waals surface area contributed by atoms with E-state index in [1.165, 1.54) is 0 Å². The number of pyridine rings is 1. The first-order valence-corrected chi connectivity index (χ1v) is 8.86. The van der Waals surface area contributed by atoms with E-state index < -0.39 is 0 Å². The fraction of sp³-hybridized carbons (Fsp3) is 0.182. The van der Waals surface area contributed by atoms with Gasteiger partial charge < -0.3 is 15.0 Å². The Bertz CT molecular complexity index is 893. The SMILES string of the molecule is CC(C)Oc1ccc(Nc2ccnc(C(=O)N(C)c3ccccc3)c2)cc1. The first kappa shape index (κ1) is 18.5. The van der Waals surface area contributed by atoms with E-state index in [-0.39, 0.29) is 12.0 Å². The van der Waals surface area contributed by atoms with Crippen molar-refractivity contribution in [1.29, 1.82) is 0 Å². The molecule has 5 nitrogen and oxygen atoms in total. The summed E-state index contributed by atoms with van der Waals surface area (Å²) >= 11 is 0. The van der Waals surface area contributed by atoms with Crippen molar-refractivity contribution in [2.24, 2.45) is 0 Å². The Hall–Kier alpha value is -3.34. The molecule has 0 bridgehead atoms. The molecule has 3 aromatic rings. The van der Waals surface area contributed by atoms with Crippen LogP contribution in [0.1, 0.15) is 24.3 Å². The number of anilines is 3. The molecule has 0 spiro atoms. The van der Waals surface area contributed by atoms with E-state index >= 15 is 0 Å². The molecule has 0 aliphatic carbocycles. The summed E-state index contributed by atoms with van der Waals surface area (Å²) in [5, 5.41) is 3.29. The van der Waals surface area contributed by atoms with Crippen molar-refractivity contribution in [3.05, 3.63) is 78.6 Å². The van der Waals surface area contributed by atoms with Crippen LogP contribution in [0.2, 0.25) is 0 Å². The highest BCUT2D eigenvalue weighted by atomic mass is 16.5. The average molecular weight is 361 g/mol. The van der Waals surface area contributed by atoms with Crippen molar-refractivity contribution in [1.82, 2.24) is 4.98 Å². The zero-order valence-electron chi connectivity index (χ0n) is 15.7. The lowest BCUT2D eigenvalue weighted by atomic mass is 10.2. The van der Waals surface area contributed by atoms with E-state index in [0.29, 0.717) is 5.69 Å². The smallest absolute Gasteiger partial charge is 0.276 e. The highest BCUT2D eigenvalue weighted by Gasteiger charge is 2.15. The van der Waals surface area contributed by atoms with E-state index in [1.54, 1.807) is 24.2 Å². The number of ether oxygens (including phenoxy) is 1. The second-order valence-electron chi connectivity index (χ2n) is 6.45. The summed E-state index contributed by atoms with van der Waals surface area (Å²) in [6, 6.07) is 20.8.